The largest absolute Gasteiger partial charge is 0.390 e. The molecular formula is C11H15N5O3. The molecule has 8 nitrogen and oxygen atoms in total. The van der Waals surface area contributed by atoms with Crippen LogP contribution < -0.4 is 5.73 Å². The third-order valence-electron chi connectivity index (χ3n) is 3.63. The van der Waals surface area contributed by atoms with Gasteiger partial charge in [-0.05, 0) is 13.3 Å². The Hall–Kier alpha value is -1.77. The molecule has 1 aliphatic carbocycles. The second-order valence-electron chi connectivity index (χ2n) is 4.81. The van der Waals surface area contributed by atoms with Gasteiger partial charge in [0.2, 0.25) is 0 Å². The zero-order valence-electron chi connectivity index (χ0n) is 10.3. The number of aromatic nitrogens is 4. The minimum Gasteiger partial charge on any atom is -0.390 e. The number of nitrogen functional groups attached to an aromatic ring is 1. The van der Waals surface area contributed by atoms with Crippen molar-refractivity contribution in [3.63, 3.8) is 0 Å². The Bertz CT molecular complexity index is 628. The zero-order chi connectivity index (χ0) is 13.7. The predicted octanol–water partition coefficient (Wildman–Crippen LogP) is -1.26. The van der Waals surface area contributed by atoms with Crippen LogP contribution in [0.15, 0.2) is 6.33 Å². The van der Waals surface area contributed by atoms with Crippen LogP contribution in [0.2, 0.25) is 0 Å². The summed E-state index contributed by atoms with van der Waals surface area (Å²) in [6.07, 6.45) is -1.64. The van der Waals surface area contributed by atoms with Crippen molar-refractivity contribution < 1.29 is 15.3 Å². The molecule has 0 unspecified atom stereocenters. The summed E-state index contributed by atoms with van der Waals surface area (Å²) in [5.74, 6) is 0.869. The Kier molecular flexibility index (Phi) is 2.66. The monoisotopic (exact) mass is 265 g/mol. The molecule has 2 aromatic rings. The van der Waals surface area contributed by atoms with Gasteiger partial charge in [0, 0.05) is 0 Å². The van der Waals surface area contributed by atoms with Gasteiger partial charge < -0.3 is 25.6 Å². The van der Waals surface area contributed by atoms with Gasteiger partial charge in [-0.3, -0.25) is 0 Å². The summed E-state index contributed by atoms with van der Waals surface area (Å²) in [6, 6.07) is -0.482. The highest BCUT2D eigenvalue weighted by molar-refractivity contribution is 5.81. The Morgan fingerprint density at radius 3 is 2.63 bits per heavy atom. The van der Waals surface area contributed by atoms with E-state index in [1.807, 2.05) is 0 Å². The summed E-state index contributed by atoms with van der Waals surface area (Å²) in [6.45, 7) is 1.75. The van der Waals surface area contributed by atoms with Gasteiger partial charge in [0.25, 0.3) is 0 Å². The number of rotatable bonds is 1. The van der Waals surface area contributed by atoms with E-state index in [4.69, 9.17) is 5.73 Å². The lowest BCUT2D eigenvalue weighted by Crippen LogP contribution is -2.31. The standard InChI is InChI=1S/C11H15N5O3/c1-4-15-7-10(12)13-3-14-11(7)16(4)5-2-6(17)9(19)8(5)18/h3,5-6,8-9,17-19H,2H2,1H3,(H2,12,13,14)/t5-,6+,8+,9-/m1/s1. The number of nitrogens with two attached hydrogens (primary N) is 1. The fourth-order valence-electron chi connectivity index (χ4n) is 2.67. The van der Waals surface area contributed by atoms with Gasteiger partial charge in [-0.2, -0.15) is 0 Å². The van der Waals surface area contributed by atoms with Crippen LogP contribution in [0.4, 0.5) is 5.82 Å². The highest BCUT2D eigenvalue weighted by Crippen LogP contribution is 2.34. The molecule has 19 heavy (non-hydrogen) atoms. The van der Waals surface area contributed by atoms with Gasteiger partial charge in [0.1, 0.15) is 24.4 Å². The minimum absolute atomic E-state index is 0.235. The summed E-state index contributed by atoms with van der Waals surface area (Å²) < 4.78 is 1.69. The molecule has 0 aliphatic heterocycles. The molecule has 5 N–H and O–H groups in total. The van der Waals surface area contributed by atoms with Gasteiger partial charge in [-0.15, -0.1) is 0 Å². The van der Waals surface area contributed by atoms with Crippen LogP contribution in [0, 0.1) is 6.92 Å². The Labute approximate surface area is 108 Å². The highest BCUT2D eigenvalue weighted by atomic mass is 16.4. The molecule has 0 aromatic carbocycles. The number of aliphatic hydroxyl groups excluding tert-OH is 3. The summed E-state index contributed by atoms with van der Waals surface area (Å²) in [5, 5.41) is 29.3. The molecule has 2 aromatic heterocycles. The fourth-order valence-corrected chi connectivity index (χ4v) is 2.67. The summed E-state index contributed by atoms with van der Waals surface area (Å²) in [7, 11) is 0. The number of hydrogen-bond acceptors (Lipinski definition) is 7. The van der Waals surface area contributed by atoms with Crippen LogP contribution in [-0.2, 0) is 0 Å². The van der Waals surface area contributed by atoms with Crippen LogP contribution in [0.1, 0.15) is 18.3 Å². The third-order valence-corrected chi connectivity index (χ3v) is 3.63. The lowest BCUT2D eigenvalue weighted by atomic mass is 10.2. The van der Waals surface area contributed by atoms with Gasteiger partial charge in [0.15, 0.2) is 17.0 Å². The maximum atomic E-state index is 10.0. The maximum absolute atomic E-state index is 10.0. The minimum atomic E-state index is -1.17. The third kappa shape index (κ3) is 1.68. The number of fused-ring (bicyclic) bond motifs is 1. The summed E-state index contributed by atoms with van der Waals surface area (Å²) in [5.41, 5.74) is 6.70. The Morgan fingerprint density at radius 1 is 1.26 bits per heavy atom. The van der Waals surface area contributed by atoms with E-state index in [1.54, 1.807) is 11.5 Å². The van der Waals surface area contributed by atoms with E-state index >= 15 is 0 Å². The van der Waals surface area contributed by atoms with Crippen LogP contribution in [-0.4, -0.2) is 53.2 Å². The number of nitrogens with zero attached hydrogens (tertiary/aromatic N) is 4. The van der Waals surface area contributed by atoms with E-state index in [0.29, 0.717) is 17.0 Å². The molecule has 0 radical (unpaired) electrons. The van der Waals surface area contributed by atoms with Gasteiger partial charge >= 0.3 is 0 Å². The van der Waals surface area contributed by atoms with E-state index in [-0.39, 0.29) is 12.2 Å². The van der Waals surface area contributed by atoms with Crippen molar-refractivity contribution in [2.75, 3.05) is 5.73 Å². The number of aryl methyl sites for hydroxylation is 1. The molecule has 0 bridgehead atoms. The van der Waals surface area contributed by atoms with Crippen molar-refractivity contribution in [3.05, 3.63) is 12.2 Å². The molecule has 2 heterocycles. The molecule has 102 valence electrons. The molecule has 8 heteroatoms. The normalized spacial score (nSPS) is 31.2. The van der Waals surface area contributed by atoms with E-state index in [1.165, 1.54) is 6.33 Å². The van der Waals surface area contributed by atoms with Gasteiger partial charge in [-0.25, -0.2) is 15.0 Å². The van der Waals surface area contributed by atoms with E-state index in [0.717, 1.165) is 0 Å². The van der Waals surface area contributed by atoms with E-state index < -0.39 is 24.4 Å². The van der Waals surface area contributed by atoms with Crippen LogP contribution in [0.5, 0.6) is 0 Å². The predicted molar refractivity (Wildman–Crippen MR) is 66.1 cm³/mol. The van der Waals surface area contributed by atoms with Crippen molar-refractivity contribution in [1.82, 2.24) is 19.5 Å². The molecule has 0 saturated heterocycles. The maximum Gasteiger partial charge on any atom is 0.165 e. The average Bonchev–Trinajstić information content (AvgIpc) is 2.83. The van der Waals surface area contributed by atoms with E-state index in [2.05, 4.69) is 15.0 Å². The number of anilines is 1. The van der Waals surface area contributed by atoms with Gasteiger partial charge in [0.05, 0.1) is 12.1 Å². The molecular weight excluding hydrogens is 250 g/mol. The lowest BCUT2D eigenvalue weighted by Gasteiger charge is -2.19. The zero-order valence-corrected chi connectivity index (χ0v) is 10.3. The molecule has 4 atom stereocenters. The lowest BCUT2D eigenvalue weighted by molar-refractivity contribution is -0.0246. The van der Waals surface area contributed by atoms with E-state index in [9.17, 15) is 15.3 Å². The van der Waals surface area contributed by atoms with Crippen LogP contribution >= 0.6 is 0 Å². The SMILES string of the molecule is Cc1nc2c(N)ncnc2n1[C@@H]1C[C@H](O)[C@@H](O)[C@H]1O. The first-order valence-corrected chi connectivity index (χ1v) is 6.00. The summed E-state index contributed by atoms with van der Waals surface area (Å²) in [4.78, 5) is 12.3. The molecule has 0 spiro atoms. The molecule has 0 amide bonds. The molecule has 1 fully saturated rings. The van der Waals surface area contributed by atoms with Crippen molar-refractivity contribution >= 4 is 17.0 Å². The van der Waals surface area contributed by atoms with Crippen LogP contribution in [0.3, 0.4) is 0 Å². The first-order valence-electron chi connectivity index (χ1n) is 6.00. The van der Waals surface area contributed by atoms with Crippen molar-refractivity contribution in [3.8, 4) is 0 Å². The quantitative estimate of drug-likeness (QED) is 0.506. The highest BCUT2D eigenvalue weighted by Gasteiger charge is 2.42. The molecule has 1 saturated carbocycles. The van der Waals surface area contributed by atoms with Gasteiger partial charge in [-0.1, -0.05) is 0 Å². The number of aliphatic hydroxyl groups is 3. The second kappa shape index (κ2) is 4.12. The summed E-state index contributed by atoms with van der Waals surface area (Å²) >= 11 is 0. The number of imidazole rings is 1. The first kappa shape index (κ1) is 12.3. The first-order chi connectivity index (χ1) is 9.00. The van der Waals surface area contributed by atoms with Crippen molar-refractivity contribution in [2.24, 2.45) is 0 Å². The number of hydrogen-bond donors (Lipinski definition) is 4. The van der Waals surface area contributed by atoms with Crippen molar-refractivity contribution in [2.45, 2.75) is 37.7 Å². The van der Waals surface area contributed by atoms with Crippen LogP contribution in [0.25, 0.3) is 11.2 Å². The smallest absolute Gasteiger partial charge is 0.165 e. The second-order valence-corrected chi connectivity index (χ2v) is 4.81. The van der Waals surface area contributed by atoms with Crippen molar-refractivity contribution in [1.29, 1.82) is 0 Å². The molecule has 3 rings (SSSR count). The topological polar surface area (TPSA) is 130 Å². The fraction of sp³-hybridized carbons (Fsp3) is 0.545. The Balaban J connectivity index is 2.16. The molecule has 1 aliphatic rings. The Morgan fingerprint density at radius 2 is 2.00 bits per heavy atom. The average molecular weight is 265 g/mol.